The second-order valence-electron chi connectivity index (χ2n) is 5.49. The van der Waals surface area contributed by atoms with Gasteiger partial charge in [0.1, 0.15) is 6.04 Å². The van der Waals surface area contributed by atoms with Gasteiger partial charge in [0.05, 0.1) is 5.56 Å². The summed E-state index contributed by atoms with van der Waals surface area (Å²) in [6, 6.07) is 6.97. The van der Waals surface area contributed by atoms with Crippen LogP contribution in [0, 0.1) is 13.8 Å². The minimum atomic E-state index is -1.08. The lowest BCUT2D eigenvalue weighted by Crippen LogP contribution is -2.36. The quantitative estimate of drug-likeness (QED) is 0.875. The van der Waals surface area contributed by atoms with Gasteiger partial charge in [0.15, 0.2) is 0 Å². The van der Waals surface area contributed by atoms with Crippen LogP contribution in [0.4, 0.5) is 5.69 Å². The zero-order valence-corrected chi connectivity index (χ0v) is 13.7. The van der Waals surface area contributed by atoms with Gasteiger partial charge >= 0.3 is 11.7 Å². The third kappa shape index (κ3) is 3.68. The van der Waals surface area contributed by atoms with Crippen molar-refractivity contribution in [1.29, 1.82) is 0 Å². The van der Waals surface area contributed by atoms with Crippen molar-refractivity contribution in [3.63, 3.8) is 0 Å². The van der Waals surface area contributed by atoms with Gasteiger partial charge < -0.3 is 10.4 Å². The van der Waals surface area contributed by atoms with E-state index in [4.69, 9.17) is 5.11 Å². The molecule has 0 aliphatic rings. The molecule has 126 valence electrons. The molecule has 24 heavy (non-hydrogen) atoms. The lowest BCUT2D eigenvalue weighted by atomic mass is 10.1. The molecule has 0 radical (unpaired) electrons. The molecule has 2 aromatic rings. The highest BCUT2D eigenvalue weighted by Gasteiger charge is 2.22. The number of carbonyl (C=O) groups is 2. The average Bonchev–Trinajstić information content (AvgIpc) is 2.50. The molecule has 1 aromatic heterocycles. The van der Waals surface area contributed by atoms with E-state index >= 15 is 0 Å². The average molecular weight is 329 g/mol. The maximum atomic E-state index is 12.6. The molecule has 7 nitrogen and oxygen atoms in total. The maximum absolute atomic E-state index is 12.6. The predicted molar refractivity (Wildman–Crippen MR) is 89.3 cm³/mol. The molecular formula is C17H19N3O4. The number of carboxylic acids is 1. The Kier molecular flexibility index (Phi) is 5.13. The number of hydrogen-bond acceptors (Lipinski definition) is 4. The van der Waals surface area contributed by atoms with Crippen molar-refractivity contribution in [3.8, 4) is 0 Å². The van der Waals surface area contributed by atoms with E-state index in [1.54, 1.807) is 39.0 Å². The van der Waals surface area contributed by atoms with Crippen molar-refractivity contribution >= 4 is 17.6 Å². The van der Waals surface area contributed by atoms with E-state index < -0.39 is 23.6 Å². The highest BCUT2D eigenvalue weighted by Crippen LogP contribution is 2.17. The van der Waals surface area contributed by atoms with Crippen LogP contribution in [0.25, 0.3) is 0 Å². The Balaban J connectivity index is 2.32. The van der Waals surface area contributed by atoms with Crippen molar-refractivity contribution in [2.24, 2.45) is 0 Å². The van der Waals surface area contributed by atoms with Gasteiger partial charge in [-0.15, -0.1) is 0 Å². The predicted octanol–water partition coefficient (Wildman–Crippen LogP) is 2.15. The Labute approximate surface area is 139 Å². The van der Waals surface area contributed by atoms with Crippen molar-refractivity contribution in [1.82, 2.24) is 9.55 Å². The third-order valence-electron chi connectivity index (χ3n) is 3.65. The second-order valence-corrected chi connectivity index (χ2v) is 5.49. The standard InChI is InChI=1S/C17H19N3O4/c1-4-14(20-11(3)8-10(2)18-17(20)24)15(21)19-13-7-5-6-12(9-13)16(22)23/h5-9,14H,4H2,1-3H3,(H,19,21)(H,22,23). The van der Waals surface area contributed by atoms with E-state index in [-0.39, 0.29) is 5.56 Å². The number of amides is 1. The summed E-state index contributed by atoms with van der Waals surface area (Å²) >= 11 is 0. The summed E-state index contributed by atoms with van der Waals surface area (Å²) in [4.78, 5) is 39.6. The fraction of sp³-hybridized carbons (Fsp3) is 0.294. The highest BCUT2D eigenvalue weighted by atomic mass is 16.4. The molecule has 0 saturated heterocycles. The van der Waals surface area contributed by atoms with E-state index in [2.05, 4.69) is 10.3 Å². The van der Waals surface area contributed by atoms with Crippen LogP contribution in [-0.2, 0) is 4.79 Å². The van der Waals surface area contributed by atoms with E-state index in [0.717, 1.165) is 0 Å². The molecule has 0 fully saturated rings. The number of carbonyl (C=O) groups excluding carboxylic acids is 1. The molecule has 2 N–H and O–H groups in total. The number of aryl methyl sites for hydroxylation is 2. The minimum Gasteiger partial charge on any atom is -0.478 e. The lowest BCUT2D eigenvalue weighted by molar-refractivity contribution is -0.119. The van der Waals surface area contributed by atoms with E-state index in [1.165, 1.54) is 16.7 Å². The van der Waals surface area contributed by atoms with Crippen molar-refractivity contribution in [2.45, 2.75) is 33.2 Å². The first kappa shape index (κ1) is 17.4. The number of hydrogen-bond donors (Lipinski definition) is 2. The molecule has 1 atom stereocenters. The number of aromatic carboxylic acids is 1. The highest BCUT2D eigenvalue weighted by molar-refractivity contribution is 5.95. The van der Waals surface area contributed by atoms with Crippen LogP contribution >= 0.6 is 0 Å². The molecular weight excluding hydrogens is 310 g/mol. The zero-order valence-electron chi connectivity index (χ0n) is 13.7. The van der Waals surface area contributed by atoms with Gasteiger partial charge in [0, 0.05) is 17.1 Å². The summed E-state index contributed by atoms with van der Waals surface area (Å²) in [6.07, 6.45) is 0.399. The summed E-state index contributed by atoms with van der Waals surface area (Å²) in [6.45, 7) is 5.26. The van der Waals surface area contributed by atoms with Gasteiger partial charge in [-0.25, -0.2) is 9.59 Å². The number of benzene rings is 1. The number of nitrogens with one attached hydrogen (secondary N) is 1. The Morgan fingerprint density at radius 3 is 2.58 bits per heavy atom. The summed E-state index contributed by atoms with van der Waals surface area (Å²) in [5, 5.41) is 11.7. The minimum absolute atomic E-state index is 0.0752. The normalized spacial score (nSPS) is 11.8. The first-order valence-electron chi connectivity index (χ1n) is 7.54. The Morgan fingerprint density at radius 1 is 1.29 bits per heavy atom. The molecule has 2 rings (SSSR count). The summed E-state index contributed by atoms with van der Waals surface area (Å²) < 4.78 is 1.35. The van der Waals surface area contributed by atoms with Gasteiger partial charge in [0.2, 0.25) is 5.91 Å². The molecule has 0 spiro atoms. The maximum Gasteiger partial charge on any atom is 0.348 e. The smallest absolute Gasteiger partial charge is 0.348 e. The Morgan fingerprint density at radius 2 is 2.00 bits per heavy atom. The number of carboxylic acid groups (broad SMARTS) is 1. The monoisotopic (exact) mass is 329 g/mol. The van der Waals surface area contributed by atoms with Crippen molar-refractivity contribution in [3.05, 3.63) is 57.8 Å². The molecule has 0 saturated carbocycles. The van der Waals surface area contributed by atoms with Crippen LogP contribution in [-0.4, -0.2) is 26.5 Å². The fourth-order valence-electron chi connectivity index (χ4n) is 2.58. The first-order valence-corrected chi connectivity index (χ1v) is 7.54. The molecule has 0 bridgehead atoms. The van der Waals surface area contributed by atoms with Crippen molar-refractivity contribution < 1.29 is 14.7 Å². The topological polar surface area (TPSA) is 101 Å². The van der Waals surface area contributed by atoms with E-state index in [9.17, 15) is 14.4 Å². The molecule has 1 heterocycles. The fourth-order valence-corrected chi connectivity index (χ4v) is 2.58. The number of rotatable bonds is 5. The van der Waals surface area contributed by atoms with Gasteiger partial charge in [-0.05, 0) is 44.5 Å². The van der Waals surface area contributed by atoms with Gasteiger partial charge in [0.25, 0.3) is 0 Å². The van der Waals surface area contributed by atoms with Crippen molar-refractivity contribution in [2.75, 3.05) is 5.32 Å². The zero-order chi connectivity index (χ0) is 17.9. The molecule has 0 aliphatic heterocycles. The number of anilines is 1. The molecule has 1 aromatic carbocycles. The first-order chi connectivity index (χ1) is 11.3. The number of nitrogens with zero attached hydrogens (tertiary/aromatic N) is 2. The van der Waals surface area contributed by atoms with Gasteiger partial charge in [-0.2, -0.15) is 4.98 Å². The van der Waals surface area contributed by atoms with Crippen LogP contribution in [0.2, 0.25) is 0 Å². The number of aromatic nitrogens is 2. The molecule has 1 unspecified atom stereocenters. The summed E-state index contributed by atoms with van der Waals surface area (Å²) in [5.74, 6) is -1.47. The Hall–Kier alpha value is -2.96. The van der Waals surface area contributed by atoms with Crippen LogP contribution in [0.5, 0.6) is 0 Å². The molecule has 7 heteroatoms. The van der Waals surface area contributed by atoms with Crippen LogP contribution in [0.3, 0.4) is 0 Å². The Bertz CT molecular complexity index is 842. The lowest BCUT2D eigenvalue weighted by Gasteiger charge is -2.20. The summed E-state index contributed by atoms with van der Waals surface area (Å²) in [7, 11) is 0. The van der Waals surface area contributed by atoms with E-state index in [1.807, 2.05) is 0 Å². The van der Waals surface area contributed by atoms with Crippen LogP contribution in [0.1, 0.15) is 41.1 Å². The summed E-state index contributed by atoms with van der Waals surface area (Å²) in [5.41, 5.74) is 1.20. The second kappa shape index (κ2) is 7.08. The van der Waals surface area contributed by atoms with E-state index in [0.29, 0.717) is 23.5 Å². The molecule has 1 amide bonds. The van der Waals surface area contributed by atoms with Crippen LogP contribution < -0.4 is 11.0 Å². The van der Waals surface area contributed by atoms with Crippen LogP contribution in [0.15, 0.2) is 35.1 Å². The third-order valence-corrected chi connectivity index (χ3v) is 3.65. The SMILES string of the molecule is CCC(C(=O)Nc1cccc(C(=O)O)c1)n1c(C)cc(C)nc1=O. The largest absolute Gasteiger partial charge is 0.478 e. The van der Waals surface area contributed by atoms with Gasteiger partial charge in [-0.1, -0.05) is 13.0 Å². The molecule has 0 aliphatic carbocycles. The van der Waals surface area contributed by atoms with Gasteiger partial charge in [-0.3, -0.25) is 9.36 Å².